The number of aromatic nitrogens is 2. The summed E-state index contributed by atoms with van der Waals surface area (Å²) < 4.78 is 14.7. The average Bonchev–Trinajstić information content (AvgIpc) is 3.13. The third-order valence-electron chi connectivity index (χ3n) is 7.14. The molecule has 0 aliphatic heterocycles. The number of hydrogen-bond donors (Lipinski definition) is 2. The van der Waals surface area contributed by atoms with E-state index >= 15 is 0 Å². The Balaban J connectivity index is 0.00000441. The number of rotatable bonds is 7. The van der Waals surface area contributed by atoms with Crippen molar-refractivity contribution >= 4 is 33.8 Å². The van der Waals surface area contributed by atoms with Crippen LogP contribution in [0, 0.1) is 5.41 Å². The van der Waals surface area contributed by atoms with Gasteiger partial charge < -0.3 is 23.7 Å². The van der Waals surface area contributed by atoms with Crippen LogP contribution in [-0.2, 0) is 23.9 Å². The Morgan fingerprint density at radius 3 is 1.90 bits per heavy atom. The summed E-state index contributed by atoms with van der Waals surface area (Å²) in [5, 5.41) is 20.2. The Hall–Kier alpha value is -3.52. The average molecular weight is 611 g/mol. The van der Waals surface area contributed by atoms with Gasteiger partial charge in [-0.15, -0.1) is 17.0 Å². The number of nitrogens with one attached hydrogen (secondary N) is 1. The number of nitrogens with zero attached hydrogens (tertiary/aromatic N) is 2. The SMILES string of the molecule is Br.COc1cccc(Cn2c(=N)n(CC(=O)c3cc(C(C)(C)C)c(O)c(C(C)(C)C)c3)c3ccccc32)c1OC. The molecule has 2 N–H and O–H groups in total. The maximum absolute atomic E-state index is 13.8. The zero-order chi connectivity index (χ0) is 28.7. The van der Waals surface area contributed by atoms with Crippen molar-refractivity contribution in [3.05, 3.63) is 82.5 Å². The van der Waals surface area contributed by atoms with Gasteiger partial charge in [-0.1, -0.05) is 65.8 Å². The standard InChI is InChI=1S/C32H39N3O4.BrH/c1-31(2,3)22-16-21(17-23(28(22)37)32(4,5)6)26(36)19-35-25-14-10-9-13-24(25)34(30(35)33)18-20-12-11-15-27(38-7)29(20)39-8;/h9-17,33,37H,18-19H2,1-8H3;1H. The summed E-state index contributed by atoms with van der Waals surface area (Å²) in [6, 6.07) is 17.0. The summed E-state index contributed by atoms with van der Waals surface area (Å²) in [4.78, 5) is 13.8. The fraction of sp³-hybridized carbons (Fsp3) is 0.375. The van der Waals surface area contributed by atoms with Crippen LogP contribution in [0.1, 0.15) is 68.6 Å². The molecule has 0 saturated heterocycles. The second-order valence-electron chi connectivity index (χ2n) is 12.0. The third kappa shape index (κ3) is 5.82. The van der Waals surface area contributed by atoms with E-state index in [1.807, 2.05) is 88.6 Å². The van der Waals surface area contributed by atoms with Crippen LogP contribution in [0.25, 0.3) is 11.0 Å². The van der Waals surface area contributed by atoms with E-state index in [0.717, 1.165) is 27.7 Å². The molecule has 0 saturated carbocycles. The first-order chi connectivity index (χ1) is 18.3. The van der Waals surface area contributed by atoms with Gasteiger partial charge in [0.15, 0.2) is 17.3 Å². The van der Waals surface area contributed by atoms with Gasteiger partial charge in [0.05, 0.1) is 38.3 Å². The molecule has 7 nitrogen and oxygen atoms in total. The molecule has 1 heterocycles. The number of phenols is 1. The monoisotopic (exact) mass is 609 g/mol. The maximum atomic E-state index is 13.8. The summed E-state index contributed by atoms with van der Waals surface area (Å²) in [6.07, 6.45) is 0. The Morgan fingerprint density at radius 1 is 0.850 bits per heavy atom. The van der Waals surface area contributed by atoms with Gasteiger partial charge in [-0.3, -0.25) is 10.2 Å². The third-order valence-corrected chi connectivity index (χ3v) is 7.14. The first kappa shape index (κ1) is 31.0. The summed E-state index contributed by atoms with van der Waals surface area (Å²) in [6.45, 7) is 12.5. The van der Waals surface area contributed by atoms with Gasteiger partial charge in [-0.2, -0.15) is 0 Å². The fourth-order valence-corrected chi connectivity index (χ4v) is 5.04. The highest BCUT2D eigenvalue weighted by molar-refractivity contribution is 8.93. The number of carbonyl (C=O) groups is 1. The van der Waals surface area contributed by atoms with Crippen LogP contribution < -0.4 is 15.1 Å². The van der Waals surface area contributed by atoms with Crippen molar-refractivity contribution in [3.8, 4) is 17.2 Å². The predicted octanol–water partition coefficient (Wildman–Crippen LogP) is 6.75. The lowest BCUT2D eigenvalue weighted by Crippen LogP contribution is -2.28. The van der Waals surface area contributed by atoms with Gasteiger partial charge in [0, 0.05) is 22.3 Å². The number of hydrogen-bond acceptors (Lipinski definition) is 5. The van der Waals surface area contributed by atoms with Crippen molar-refractivity contribution in [2.45, 2.75) is 65.5 Å². The highest BCUT2D eigenvalue weighted by Crippen LogP contribution is 2.40. The number of ether oxygens (including phenoxy) is 2. The number of halogens is 1. The van der Waals surface area contributed by atoms with Crippen molar-refractivity contribution in [2.24, 2.45) is 0 Å². The zero-order valence-electron chi connectivity index (χ0n) is 24.6. The molecular weight excluding hydrogens is 570 g/mol. The summed E-state index contributed by atoms with van der Waals surface area (Å²) in [5.41, 5.74) is 4.03. The summed E-state index contributed by atoms with van der Waals surface area (Å²) >= 11 is 0. The number of aromatic hydroxyl groups is 1. The normalized spacial score (nSPS) is 11.8. The molecule has 1 aromatic heterocycles. The lowest BCUT2D eigenvalue weighted by atomic mass is 9.78. The minimum Gasteiger partial charge on any atom is -0.507 e. The molecule has 214 valence electrons. The van der Waals surface area contributed by atoms with E-state index in [2.05, 4.69) is 0 Å². The molecule has 0 aliphatic carbocycles. The predicted molar refractivity (Wildman–Crippen MR) is 165 cm³/mol. The van der Waals surface area contributed by atoms with Crippen LogP contribution >= 0.6 is 17.0 Å². The zero-order valence-corrected chi connectivity index (χ0v) is 26.3. The van der Waals surface area contributed by atoms with Crippen LogP contribution in [0.2, 0.25) is 0 Å². The molecule has 0 amide bonds. The maximum Gasteiger partial charge on any atom is 0.203 e. The topological polar surface area (TPSA) is 89.5 Å². The number of carbonyl (C=O) groups excluding carboxylic acids is 1. The molecule has 4 rings (SSSR count). The Kier molecular flexibility index (Phi) is 8.94. The van der Waals surface area contributed by atoms with E-state index in [1.165, 1.54) is 0 Å². The van der Waals surface area contributed by atoms with Gasteiger partial charge in [-0.05, 0) is 41.2 Å². The van der Waals surface area contributed by atoms with Crippen LogP contribution in [0.5, 0.6) is 17.2 Å². The first-order valence-electron chi connectivity index (χ1n) is 13.1. The highest BCUT2D eigenvalue weighted by atomic mass is 79.9. The van der Waals surface area contributed by atoms with E-state index in [0.29, 0.717) is 23.6 Å². The quantitative estimate of drug-likeness (QED) is 0.227. The van der Waals surface area contributed by atoms with E-state index in [9.17, 15) is 9.90 Å². The summed E-state index contributed by atoms with van der Waals surface area (Å²) in [5.74, 6) is 1.36. The van der Waals surface area contributed by atoms with E-state index in [1.54, 1.807) is 30.9 Å². The lowest BCUT2D eigenvalue weighted by molar-refractivity contribution is 0.0971. The summed E-state index contributed by atoms with van der Waals surface area (Å²) in [7, 11) is 3.20. The molecule has 0 bridgehead atoms. The number of Topliss-reactive ketones (excluding diaryl/α,β-unsaturated/α-hetero) is 1. The van der Waals surface area contributed by atoms with Gasteiger partial charge in [-0.25, -0.2) is 0 Å². The molecule has 8 heteroatoms. The molecule has 0 fully saturated rings. The lowest BCUT2D eigenvalue weighted by Gasteiger charge is -2.28. The largest absolute Gasteiger partial charge is 0.507 e. The Bertz CT molecular complexity index is 1570. The van der Waals surface area contributed by atoms with E-state index < -0.39 is 0 Å². The molecule has 40 heavy (non-hydrogen) atoms. The number of phenolic OH excluding ortho intramolecular Hbond substituents is 1. The first-order valence-corrected chi connectivity index (χ1v) is 13.1. The molecule has 3 aromatic carbocycles. The van der Waals surface area contributed by atoms with E-state index in [4.69, 9.17) is 14.9 Å². The number of imidazole rings is 1. The van der Waals surface area contributed by atoms with Gasteiger partial charge in [0.2, 0.25) is 5.62 Å². The van der Waals surface area contributed by atoms with Crippen LogP contribution in [0.4, 0.5) is 0 Å². The smallest absolute Gasteiger partial charge is 0.203 e. The fourth-order valence-electron chi connectivity index (χ4n) is 5.04. The van der Waals surface area contributed by atoms with Crippen molar-refractivity contribution < 1.29 is 19.4 Å². The van der Waals surface area contributed by atoms with Crippen LogP contribution in [-0.4, -0.2) is 34.2 Å². The van der Waals surface area contributed by atoms with Crippen LogP contribution in [0.15, 0.2) is 54.6 Å². The van der Waals surface area contributed by atoms with Gasteiger partial charge in [0.25, 0.3) is 0 Å². The Morgan fingerprint density at radius 2 is 1.40 bits per heavy atom. The van der Waals surface area contributed by atoms with Gasteiger partial charge in [0.1, 0.15) is 5.75 Å². The number of para-hydroxylation sites is 3. The number of benzene rings is 3. The number of ketones is 1. The molecule has 0 aliphatic rings. The second-order valence-corrected chi connectivity index (χ2v) is 12.0. The number of methoxy groups -OCH3 is 2. The molecule has 0 atom stereocenters. The molecule has 0 spiro atoms. The van der Waals surface area contributed by atoms with Crippen molar-refractivity contribution in [3.63, 3.8) is 0 Å². The van der Waals surface area contributed by atoms with Crippen molar-refractivity contribution in [1.82, 2.24) is 9.13 Å². The van der Waals surface area contributed by atoms with Crippen molar-refractivity contribution in [1.29, 1.82) is 5.41 Å². The van der Waals surface area contributed by atoms with Crippen molar-refractivity contribution in [2.75, 3.05) is 14.2 Å². The second kappa shape index (κ2) is 11.5. The molecule has 0 unspecified atom stereocenters. The highest BCUT2D eigenvalue weighted by Gasteiger charge is 2.28. The van der Waals surface area contributed by atoms with Crippen LogP contribution in [0.3, 0.4) is 0 Å². The van der Waals surface area contributed by atoms with E-state index in [-0.39, 0.29) is 51.5 Å². The molecular formula is C32H40BrN3O4. The minimum atomic E-state index is -0.347. The molecule has 0 radical (unpaired) electrons. The van der Waals surface area contributed by atoms with Gasteiger partial charge >= 0.3 is 0 Å². The Labute approximate surface area is 246 Å². The minimum absolute atomic E-state index is 0. The molecule has 4 aromatic rings. The number of fused-ring (bicyclic) bond motifs is 1.